The van der Waals surface area contributed by atoms with E-state index in [1.165, 1.54) is 32.9 Å². The van der Waals surface area contributed by atoms with Crippen LogP contribution in [0.3, 0.4) is 0 Å². The summed E-state index contributed by atoms with van der Waals surface area (Å²) in [5.74, 6) is 0.519. The number of nitrogens with zero attached hydrogens (tertiary/aromatic N) is 3. The SMILES string of the molecule is CCc1nc2sc([C@@H](c3ccc(F)cc3)[NH+]3CCC(O)CC3)c(O)n2n1. The van der Waals surface area contributed by atoms with Crippen LogP contribution in [-0.4, -0.2) is 44.0 Å². The van der Waals surface area contributed by atoms with Crippen molar-refractivity contribution in [1.82, 2.24) is 14.6 Å². The molecule has 6 nitrogen and oxygen atoms in total. The van der Waals surface area contributed by atoms with Crippen LogP contribution in [0.25, 0.3) is 4.96 Å². The summed E-state index contributed by atoms with van der Waals surface area (Å²) in [6, 6.07) is 6.30. The van der Waals surface area contributed by atoms with Gasteiger partial charge in [0.1, 0.15) is 10.7 Å². The van der Waals surface area contributed by atoms with E-state index in [1.807, 2.05) is 6.92 Å². The molecule has 3 aromatic rings. The maximum Gasteiger partial charge on any atom is 0.235 e. The van der Waals surface area contributed by atoms with E-state index in [1.54, 1.807) is 12.1 Å². The monoisotopic (exact) mass is 377 g/mol. The van der Waals surface area contributed by atoms with Crippen LogP contribution in [0.5, 0.6) is 5.88 Å². The number of nitrogens with one attached hydrogen (secondary N) is 1. The Hall–Kier alpha value is -2.03. The Labute approximate surface area is 154 Å². The van der Waals surface area contributed by atoms with E-state index in [0.29, 0.717) is 30.0 Å². The molecule has 0 amide bonds. The van der Waals surface area contributed by atoms with Crippen LogP contribution in [-0.2, 0) is 6.42 Å². The van der Waals surface area contributed by atoms with Crippen molar-refractivity contribution in [1.29, 1.82) is 0 Å². The lowest BCUT2D eigenvalue weighted by atomic mass is 9.99. The molecule has 4 rings (SSSR count). The number of aliphatic hydroxyl groups excluding tert-OH is 1. The molecule has 1 saturated heterocycles. The number of hydrogen-bond donors (Lipinski definition) is 3. The standard InChI is InChI=1S/C18H21FN4O2S/c1-2-14-20-18-23(21-14)17(25)16(26-18)15(11-3-5-12(19)6-4-11)22-9-7-13(24)8-10-22/h3-6,13,15,24-25H,2,7-10H2,1H3/p+1/t15-/m1/s1. The molecule has 1 aromatic carbocycles. The third-order valence-corrected chi connectivity index (χ3v) is 6.12. The van der Waals surface area contributed by atoms with Gasteiger partial charge in [0.15, 0.2) is 11.9 Å². The van der Waals surface area contributed by atoms with Crippen molar-refractivity contribution in [2.75, 3.05) is 13.1 Å². The summed E-state index contributed by atoms with van der Waals surface area (Å²) in [6.45, 7) is 3.55. The van der Waals surface area contributed by atoms with Crippen LogP contribution in [0, 0.1) is 5.82 Å². The van der Waals surface area contributed by atoms with Gasteiger partial charge in [-0.05, 0) is 24.3 Å². The van der Waals surface area contributed by atoms with Gasteiger partial charge in [-0.25, -0.2) is 9.37 Å². The molecule has 0 radical (unpaired) electrons. The molecule has 0 aliphatic carbocycles. The number of thiazole rings is 1. The van der Waals surface area contributed by atoms with E-state index in [-0.39, 0.29) is 23.8 Å². The normalized spacial score (nSPS) is 22.0. The minimum Gasteiger partial charge on any atom is -0.492 e. The summed E-state index contributed by atoms with van der Waals surface area (Å²) >= 11 is 1.42. The molecule has 0 bridgehead atoms. The Morgan fingerprint density at radius 2 is 2.00 bits per heavy atom. The fourth-order valence-electron chi connectivity index (χ4n) is 3.62. The number of quaternary nitrogens is 1. The van der Waals surface area contributed by atoms with Gasteiger partial charge >= 0.3 is 0 Å². The topological polar surface area (TPSA) is 75.1 Å². The van der Waals surface area contributed by atoms with Gasteiger partial charge in [0.2, 0.25) is 10.8 Å². The van der Waals surface area contributed by atoms with Crippen molar-refractivity contribution in [3.05, 3.63) is 46.3 Å². The number of benzene rings is 1. The van der Waals surface area contributed by atoms with Crippen LogP contribution in [0.4, 0.5) is 4.39 Å². The largest absolute Gasteiger partial charge is 0.492 e. The Morgan fingerprint density at radius 1 is 1.31 bits per heavy atom. The van der Waals surface area contributed by atoms with Crippen LogP contribution in [0.15, 0.2) is 24.3 Å². The molecule has 1 aliphatic rings. The Morgan fingerprint density at radius 3 is 2.62 bits per heavy atom. The lowest BCUT2D eigenvalue weighted by Crippen LogP contribution is -3.13. The number of aromatic nitrogens is 3. The number of halogens is 1. The van der Waals surface area contributed by atoms with Crippen LogP contribution in [0.2, 0.25) is 0 Å². The first-order chi connectivity index (χ1) is 12.6. The summed E-state index contributed by atoms with van der Waals surface area (Å²) in [4.78, 5) is 7.15. The maximum absolute atomic E-state index is 13.4. The summed E-state index contributed by atoms with van der Waals surface area (Å²) < 4.78 is 14.9. The summed E-state index contributed by atoms with van der Waals surface area (Å²) in [5, 5.41) is 25.0. The molecular formula is C18H22FN4O2S+. The van der Waals surface area contributed by atoms with E-state index in [9.17, 15) is 14.6 Å². The Kier molecular flexibility index (Phi) is 4.64. The molecule has 26 heavy (non-hydrogen) atoms. The molecule has 1 aliphatic heterocycles. The highest BCUT2D eigenvalue weighted by Gasteiger charge is 2.35. The summed E-state index contributed by atoms with van der Waals surface area (Å²) in [6.07, 6.45) is 1.87. The quantitative estimate of drug-likeness (QED) is 0.641. The van der Waals surface area contributed by atoms with Crippen LogP contribution in [0.1, 0.15) is 42.1 Å². The second-order valence-corrected chi connectivity index (χ2v) is 7.75. The fourth-order valence-corrected chi connectivity index (χ4v) is 4.78. The molecular weight excluding hydrogens is 355 g/mol. The third-order valence-electron chi connectivity index (χ3n) is 5.03. The van der Waals surface area contributed by atoms with Crippen molar-refractivity contribution in [3.8, 4) is 5.88 Å². The van der Waals surface area contributed by atoms with Crippen molar-refractivity contribution in [2.45, 2.75) is 38.3 Å². The third kappa shape index (κ3) is 3.08. The first-order valence-corrected chi connectivity index (χ1v) is 9.74. The maximum atomic E-state index is 13.4. The number of hydrogen-bond acceptors (Lipinski definition) is 5. The first kappa shape index (κ1) is 17.4. The zero-order valence-corrected chi connectivity index (χ0v) is 15.3. The van der Waals surface area contributed by atoms with Gasteiger partial charge in [-0.2, -0.15) is 4.52 Å². The van der Waals surface area contributed by atoms with Crippen molar-refractivity contribution < 1.29 is 19.5 Å². The van der Waals surface area contributed by atoms with E-state index in [0.717, 1.165) is 23.5 Å². The van der Waals surface area contributed by atoms with Crippen molar-refractivity contribution in [3.63, 3.8) is 0 Å². The molecule has 1 fully saturated rings. The average molecular weight is 377 g/mol. The summed E-state index contributed by atoms with van der Waals surface area (Å²) in [7, 11) is 0. The van der Waals surface area contributed by atoms with Crippen LogP contribution < -0.4 is 4.90 Å². The highest BCUT2D eigenvalue weighted by atomic mass is 32.1. The first-order valence-electron chi connectivity index (χ1n) is 8.92. The minimum atomic E-state index is -0.281. The molecule has 138 valence electrons. The van der Waals surface area contributed by atoms with Gasteiger partial charge < -0.3 is 15.1 Å². The van der Waals surface area contributed by atoms with Gasteiger partial charge in [-0.1, -0.05) is 18.3 Å². The predicted octanol–water partition coefficient (Wildman–Crippen LogP) is 1.33. The van der Waals surface area contributed by atoms with Gasteiger partial charge in [0.25, 0.3) is 0 Å². The molecule has 2 aromatic heterocycles. The Bertz CT molecular complexity index is 900. The van der Waals surface area contributed by atoms with Gasteiger partial charge in [0, 0.05) is 24.8 Å². The second-order valence-electron chi connectivity index (χ2n) is 6.74. The van der Waals surface area contributed by atoms with Crippen molar-refractivity contribution in [2.24, 2.45) is 0 Å². The number of aliphatic hydroxyl groups is 1. The lowest BCUT2D eigenvalue weighted by Gasteiger charge is -2.33. The molecule has 8 heteroatoms. The predicted molar refractivity (Wildman–Crippen MR) is 96.1 cm³/mol. The molecule has 3 heterocycles. The number of fused-ring (bicyclic) bond motifs is 1. The molecule has 0 spiro atoms. The number of likely N-dealkylation sites (tertiary alicyclic amines) is 1. The van der Waals surface area contributed by atoms with Gasteiger partial charge in [-0.3, -0.25) is 0 Å². The van der Waals surface area contributed by atoms with Gasteiger partial charge in [-0.15, -0.1) is 5.10 Å². The fraction of sp³-hybridized carbons (Fsp3) is 0.444. The van der Waals surface area contributed by atoms with Crippen molar-refractivity contribution >= 4 is 16.3 Å². The van der Waals surface area contributed by atoms with E-state index < -0.39 is 0 Å². The van der Waals surface area contributed by atoms with Gasteiger partial charge in [0.05, 0.1) is 19.2 Å². The van der Waals surface area contributed by atoms with E-state index in [4.69, 9.17) is 0 Å². The zero-order chi connectivity index (χ0) is 18.3. The second kappa shape index (κ2) is 6.94. The molecule has 1 atom stereocenters. The average Bonchev–Trinajstić information content (AvgIpc) is 3.18. The van der Waals surface area contributed by atoms with E-state index >= 15 is 0 Å². The number of rotatable bonds is 4. The zero-order valence-electron chi connectivity index (χ0n) is 14.5. The smallest absolute Gasteiger partial charge is 0.235 e. The lowest BCUT2D eigenvalue weighted by molar-refractivity contribution is -0.931. The van der Waals surface area contributed by atoms with E-state index in [2.05, 4.69) is 10.1 Å². The minimum absolute atomic E-state index is 0.102. The highest BCUT2D eigenvalue weighted by molar-refractivity contribution is 7.17. The number of piperidine rings is 1. The number of aryl methyl sites for hydroxylation is 1. The molecule has 0 saturated carbocycles. The number of aromatic hydroxyl groups is 1. The molecule has 0 unspecified atom stereocenters. The highest BCUT2D eigenvalue weighted by Crippen LogP contribution is 2.35. The molecule has 3 N–H and O–H groups in total. The Balaban J connectivity index is 1.78. The summed E-state index contributed by atoms with van der Waals surface area (Å²) in [5.41, 5.74) is 0.938. The van der Waals surface area contributed by atoms with Crippen LogP contribution >= 0.6 is 11.3 Å².